The van der Waals surface area contributed by atoms with Gasteiger partial charge in [-0.05, 0) is 74.9 Å². The monoisotopic (exact) mass is 757 g/mol. The predicted octanol–water partition coefficient (Wildman–Crippen LogP) is 3.51. The zero-order valence-corrected chi connectivity index (χ0v) is 32.1. The minimum atomic E-state index is -0.999. The van der Waals surface area contributed by atoms with Crippen LogP contribution < -0.4 is 5.32 Å². The molecule has 0 radical (unpaired) electrons. The van der Waals surface area contributed by atoms with E-state index >= 15 is 0 Å². The summed E-state index contributed by atoms with van der Waals surface area (Å²) in [6.07, 6.45) is 4.55. The van der Waals surface area contributed by atoms with Crippen molar-refractivity contribution in [1.82, 2.24) is 15.1 Å². The summed E-state index contributed by atoms with van der Waals surface area (Å²) >= 11 is 0. The number of aliphatic hydroxyl groups is 1. The Morgan fingerprint density at radius 2 is 1.73 bits per heavy atom. The number of ether oxygens (including phenoxy) is 4. The van der Waals surface area contributed by atoms with Crippen LogP contribution in [0.4, 0.5) is 0 Å². The number of fused-ring (bicyclic) bond motifs is 2. The number of likely N-dealkylation sites (N-methyl/N-ethyl adjacent to an activating group) is 1. The van der Waals surface area contributed by atoms with Gasteiger partial charge >= 0.3 is 11.9 Å². The lowest BCUT2D eigenvalue weighted by molar-refractivity contribution is -0.172. The number of carbonyl (C=O) groups excluding carboxylic acids is 5. The van der Waals surface area contributed by atoms with Crippen LogP contribution in [0.3, 0.4) is 0 Å². The van der Waals surface area contributed by atoms with E-state index in [2.05, 4.69) is 5.32 Å². The van der Waals surface area contributed by atoms with E-state index in [-0.39, 0.29) is 43.2 Å². The van der Waals surface area contributed by atoms with Gasteiger partial charge in [0.1, 0.15) is 30.0 Å². The Morgan fingerprint density at radius 1 is 1.04 bits per heavy atom. The first-order valence-corrected chi connectivity index (χ1v) is 18.9. The molecule has 2 fully saturated rings. The van der Waals surface area contributed by atoms with Gasteiger partial charge in [-0.3, -0.25) is 19.2 Å². The lowest BCUT2D eigenvalue weighted by Crippen LogP contribution is -2.51. The van der Waals surface area contributed by atoms with Gasteiger partial charge in [0.15, 0.2) is 5.79 Å². The summed E-state index contributed by atoms with van der Waals surface area (Å²) in [7, 11) is 3.27. The lowest BCUT2D eigenvalue weighted by Gasteiger charge is -2.33. The molecule has 0 unspecified atom stereocenters. The second-order valence-corrected chi connectivity index (χ2v) is 15.9. The van der Waals surface area contributed by atoms with Crippen LogP contribution >= 0.6 is 0 Å². The largest absolute Gasteiger partial charge is 0.460 e. The number of carbonyl (C=O) groups is 5. The highest BCUT2D eigenvalue weighted by Crippen LogP contribution is 2.45. The number of amides is 3. The number of esters is 2. The summed E-state index contributed by atoms with van der Waals surface area (Å²) in [5, 5.41) is 12.8. The van der Waals surface area contributed by atoms with Crippen LogP contribution in [-0.2, 0) is 51.0 Å². The van der Waals surface area contributed by atoms with E-state index in [1.807, 2.05) is 24.3 Å². The number of aliphatic hydroxyl groups excluding tert-OH is 1. The van der Waals surface area contributed by atoms with Crippen molar-refractivity contribution in [2.24, 2.45) is 0 Å². The number of rotatable bonds is 11. The van der Waals surface area contributed by atoms with Crippen LogP contribution in [0.1, 0.15) is 79.9 Å². The number of benzene rings is 2. The standard InChI is InChI=1S/C42H51N3O10/c1-41(2,3)54-36(48)19-17-30(25-46)43-38(49)32-15-10-20-45(32)39(50)29-21-33(52-40(51)31-14-9-8-11-26(31)16-18-35(47)44(4)5)37-34(22-29)53-42(55-37)23-27-12-6-7-13-28(27)24-42/h6-9,11-14,16,18,22,30,32-34,37,46H,10,15,17,19-21,23-25H2,1-5H3,(H,43,49)/t30-,32+,33+,34+,37-/m0/s1. The molecule has 5 atom stereocenters. The Morgan fingerprint density at radius 3 is 2.40 bits per heavy atom. The first-order valence-electron chi connectivity index (χ1n) is 18.9. The molecular formula is C42H51N3O10. The van der Waals surface area contributed by atoms with E-state index in [1.165, 1.54) is 15.9 Å². The highest BCUT2D eigenvalue weighted by molar-refractivity contribution is 5.99. The summed E-state index contributed by atoms with van der Waals surface area (Å²) in [6, 6.07) is 13.3. The minimum absolute atomic E-state index is 0.00918. The van der Waals surface area contributed by atoms with Crippen molar-refractivity contribution in [3.05, 3.63) is 88.5 Å². The highest BCUT2D eigenvalue weighted by atomic mass is 16.8. The summed E-state index contributed by atoms with van der Waals surface area (Å²) in [5.74, 6) is -3.12. The molecule has 2 aromatic carbocycles. The van der Waals surface area contributed by atoms with Crippen molar-refractivity contribution < 1.29 is 48.0 Å². The fraction of sp³-hybridized carbons (Fsp3) is 0.500. The van der Waals surface area contributed by atoms with Crippen molar-refractivity contribution in [3.63, 3.8) is 0 Å². The SMILES string of the molecule is CN(C)C(=O)C=Cc1ccccc1C(=O)O[C@@H]1CC(C(=O)N2CCC[C@@H]2C(=O)N[C@H](CO)CCC(=O)OC(C)(C)C)=C[C@H]2OC3(Cc4ccccc4C3)O[C@H]21. The third-order valence-corrected chi connectivity index (χ3v) is 10.3. The summed E-state index contributed by atoms with van der Waals surface area (Å²) in [4.78, 5) is 69.3. The van der Waals surface area contributed by atoms with Gasteiger partial charge in [-0.15, -0.1) is 0 Å². The van der Waals surface area contributed by atoms with E-state index < -0.39 is 59.6 Å². The Labute approximate surface area is 321 Å². The molecule has 2 heterocycles. The van der Waals surface area contributed by atoms with E-state index in [4.69, 9.17) is 18.9 Å². The number of likely N-dealkylation sites (tertiary alicyclic amines) is 1. The fourth-order valence-electron chi connectivity index (χ4n) is 7.65. The lowest BCUT2D eigenvalue weighted by atomic mass is 9.91. The van der Waals surface area contributed by atoms with E-state index in [9.17, 15) is 29.1 Å². The number of nitrogens with zero attached hydrogens (tertiary/aromatic N) is 2. The molecule has 294 valence electrons. The minimum Gasteiger partial charge on any atom is -0.460 e. The molecule has 2 aromatic rings. The Kier molecular flexibility index (Phi) is 11.9. The van der Waals surface area contributed by atoms with Crippen LogP contribution in [-0.4, -0.2) is 114 Å². The van der Waals surface area contributed by atoms with Gasteiger partial charge < -0.3 is 39.2 Å². The second kappa shape index (κ2) is 16.5. The maximum Gasteiger partial charge on any atom is 0.339 e. The Hall–Kier alpha value is -4.85. The molecule has 55 heavy (non-hydrogen) atoms. The van der Waals surface area contributed by atoms with E-state index in [0.29, 0.717) is 43.4 Å². The number of nitrogens with one attached hydrogen (secondary N) is 1. The maximum atomic E-state index is 14.3. The fourth-order valence-corrected chi connectivity index (χ4v) is 7.65. The molecule has 13 heteroatoms. The van der Waals surface area contributed by atoms with Crippen molar-refractivity contribution >= 4 is 35.7 Å². The van der Waals surface area contributed by atoms with E-state index in [1.54, 1.807) is 71.3 Å². The quantitative estimate of drug-likeness (QED) is 0.257. The van der Waals surface area contributed by atoms with Crippen LogP contribution in [0.15, 0.2) is 66.3 Å². The zero-order valence-electron chi connectivity index (χ0n) is 32.1. The molecule has 6 rings (SSSR count). The summed E-state index contributed by atoms with van der Waals surface area (Å²) < 4.78 is 24.8. The van der Waals surface area contributed by atoms with Gasteiger partial charge in [-0.25, -0.2) is 4.79 Å². The average molecular weight is 758 g/mol. The Bertz CT molecular complexity index is 1840. The molecule has 13 nitrogen and oxygen atoms in total. The molecule has 0 saturated carbocycles. The maximum absolute atomic E-state index is 14.3. The first kappa shape index (κ1) is 39.8. The molecule has 2 N–H and O–H groups in total. The van der Waals surface area contributed by atoms with Crippen LogP contribution in [0.25, 0.3) is 6.08 Å². The van der Waals surface area contributed by atoms with E-state index in [0.717, 1.165) is 11.1 Å². The van der Waals surface area contributed by atoms with Crippen LogP contribution in [0.2, 0.25) is 0 Å². The third kappa shape index (κ3) is 9.34. The molecule has 2 aliphatic carbocycles. The zero-order chi connectivity index (χ0) is 39.5. The van der Waals surface area contributed by atoms with Crippen molar-refractivity contribution in [1.29, 1.82) is 0 Å². The van der Waals surface area contributed by atoms with Gasteiger partial charge in [0.25, 0.3) is 0 Å². The molecular weight excluding hydrogens is 706 g/mol. The summed E-state index contributed by atoms with van der Waals surface area (Å²) in [6.45, 7) is 5.25. The molecule has 0 aromatic heterocycles. The predicted molar refractivity (Wildman–Crippen MR) is 201 cm³/mol. The molecule has 4 aliphatic rings. The van der Waals surface area contributed by atoms with Crippen molar-refractivity contribution in [2.45, 2.75) is 108 Å². The summed E-state index contributed by atoms with van der Waals surface area (Å²) in [5.41, 5.74) is 2.61. The highest BCUT2D eigenvalue weighted by Gasteiger charge is 2.55. The van der Waals surface area contributed by atoms with Crippen LogP contribution in [0, 0.1) is 0 Å². The molecule has 2 aliphatic heterocycles. The average Bonchev–Trinajstić information content (AvgIpc) is 3.87. The molecule has 1 spiro atoms. The third-order valence-electron chi connectivity index (χ3n) is 10.3. The normalized spacial score (nSPS) is 23.2. The van der Waals surface area contributed by atoms with Gasteiger partial charge in [-0.1, -0.05) is 42.5 Å². The van der Waals surface area contributed by atoms with Gasteiger partial charge in [-0.2, -0.15) is 0 Å². The number of hydrogen-bond donors (Lipinski definition) is 2. The van der Waals surface area contributed by atoms with Crippen molar-refractivity contribution in [3.8, 4) is 0 Å². The van der Waals surface area contributed by atoms with Crippen LogP contribution in [0.5, 0.6) is 0 Å². The smallest absolute Gasteiger partial charge is 0.339 e. The Balaban J connectivity index is 1.20. The second-order valence-electron chi connectivity index (χ2n) is 15.9. The van der Waals surface area contributed by atoms with Gasteiger partial charge in [0, 0.05) is 58.0 Å². The number of hydrogen-bond acceptors (Lipinski definition) is 10. The molecule has 0 bridgehead atoms. The molecule has 2 saturated heterocycles. The van der Waals surface area contributed by atoms with Gasteiger partial charge in [0.05, 0.1) is 18.2 Å². The van der Waals surface area contributed by atoms with Gasteiger partial charge in [0.2, 0.25) is 17.7 Å². The van der Waals surface area contributed by atoms with Crippen molar-refractivity contribution in [2.75, 3.05) is 27.2 Å². The topological polar surface area (TPSA) is 161 Å². The molecule has 3 amide bonds. The first-order chi connectivity index (χ1) is 26.1.